The van der Waals surface area contributed by atoms with Crippen LogP contribution in [0.25, 0.3) is 11.2 Å². The predicted molar refractivity (Wildman–Crippen MR) is 158 cm³/mol. The van der Waals surface area contributed by atoms with Gasteiger partial charge in [0.05, 0.1) is 17.5 Å². The van der Waals surface area contributed by atoms with Crippen LogP contribution in [0, 0.1) is 11.8 Å². The summed E-state index contributed by atoms with van der Waals surface area (Å²) in [5.74, 6) is 1.35. The molecule has 0 spiro atoms. The number of alkyl halides is 3. The summed E-state index contributed by atoms with van der Waals surface area (Å²) in [6, 6.07) is 4.18. The molecule has 2 aliphatic rings. The summed E-state index contributed by atoms with van der Waals surface area (Å²) in [7, 11) is -3.29. The topological polar surface area (TPSA) is 96.3 Å². The van der Waals surface area contributed by atoms with E-state index in [4.69, 9.17) is 23.2 Å². The second-order valence-corrected chi connectivity index (χ2v) is 14.6. The summed E-state index contributed by atoms with van der Waals surface area (Å²) in [4.78, 5) is 13.1. The Labute approximate surface area is 253 Å². The number of nitrogens with one attached hydrogen (secondary N) is 1. The SMILES string of the molecule is CC(c1ccc(Cl)cc1Cl)n1nc(C(F)(F)F)c2ncc(N3CC(C4CCCN(CCNS(=O)(=O)C(C)C)C4)C3)nc21. The molecule has 42 heavy (non-hydrogen) atoms. The standard InChI is InChI=1S/C27H34Cl2F3N7O2S/c1-16(2)42(40,41)34-8-10-37-9-4-5-18(13-37)19-14-38(15-19)23-12-33-24-25(27(30,31)32)36-39(26(24)35-23)17(3)21-7-6-20(28)11-22(21)29/h6-7,11-12,16-19,34H,4-5,8-10,13-15H2,1-3H3. The number of hydrogen-bond donors (Lipinski definition) is 1. The number of benzene rings is 1. The zero-order chi connectivity index (χ0) is 30.4. The number of aromatic nitrogens is 4. The van der Waals surface area contributed by atoms with Crippen LogP contribution in [0.1, 0.15) is 50.9 Å². The van der Waals surface area contributed by atoms with Crippen LogP contribution in [0.3, 0.4) is 0 Å². The number of nitrogens with zero attached hydrogens (tertiary/aromatic N) is 6. The van der Waals surface area contributed by atoms with Crippen molar-refractivity contribution in [3.05, 3.63) is 45.7 Å². The van der Waals surface area contributed by atoms with Gasteiger partial charge in [-0.25, -0.2) is 27.8 Å². The number of anilines is 1. The molecule has 0 bridgehead atoms. The number of halogens is 5. The maximum atomic E-state index is 13.9. The molecule has 5 rings (SSSR count). The molecule has 0 radical (unpaired) electrons. The fourth-order valence-electron chi connectivity index (χ4n) is 5.67. The van der Waals surface area contributed by atoms with Gasteiger partial charge in [-0.05, 0) is 69.7 Å². The molecule has 1 N–H and O–H groups in total. The molecule has 0 amide bonds. The van der Waals surface area contributed by atoms with Crippen LogP contribution in [-0.2, 0) is 16.2 Å². The van der Waals surface area contributed by atoms with Crippen molar-refractivity contribution in [3.8, 4) is 0 Å². The maximum Gasteiger partial charge on any atom is 0.437 e. The lowest BCUT2D eigenvalue weighted by Gasteiger charge is -2.47. The highest BCUT2D eigenvalue weighted by Crippen LogP contribution is 2.38. The Morgan fingerprint density at radius 3 is 2.52 bits per heavy atom. The molecule has 0 saturated carbocycles. The van der Waals surface area contributed by atoms with E-state index in [0.717, 1.165) is 39.0 Å². The van der Waals surface area contributed by atoms with Crippen LogP contribution in [0.15, 0.2) is 24.4 Å². The van der Waals surface area contributed by atoms with Gasteiger partial charge in [0.1, 0.15) is 11.3 Å². The molecule has 2 fully saturated rings. The quantitative estimate of drug-likeness (QED) is 0.339. The van der Waals surface area contributed by atoms with Crippen LogP contribution in [0.5, 0.6) is 0 Å². The second-order valence-electron chi connectivity index (χ2n) is 11.4. The zero-order valence-corrected chi connectivity index (χ0v) is 25.9. The van der Waals surface area contributed by atoms with Crippen LogP contribution >= 0.6 is 23.2 Å². The zero-order valence-electron chi connectivity index (χ0n) is 23.6. The van der Waals surface area contributed by atoms with Crippen LogP contribution in [0.2, 0.25) is 10.0 Å². The number of likely N-dealkylation sites (tertiary alicyclic amines) is 1. The molecular formula is C27H34Cl2F3N7O2S. The summed E-state index contributed by atoms with van der Waals surface area (Å²) < 4.78 is 69.7. The summed E-state index contributed by atoms with van der Waals surface area (Å²) in [5.41, 5.74) is -0.798. The third-order valence-electron chi connectivity index (χ3n) is 8.23. The molecule has 15 heteroatoms. The second kappa shape index (κ2) is 12.1. The fourth-order valence-corrected chi connectivity index (χ4v) is 6.95. The van der Waals surface area contributed by atoms with Gasteiger partial charge in [-0.3, -0.25) is 0 Å². The Kier molecular flexibility index (Phi) is 8.98. The van der Waals surface area contributed by atoms with Crippen molar-refractivity contribution >= 4 is 50.2 Å². The molecule has 0 aliphatic carbocycles. The van der Waals surface area contributed by atoms with E-state index >= 15 is 0 Å². The predicted octanol–water partition coefficient (Wildman–Crippen LogP) is 5.24. The first-order chi connectivity index (χ1) is 19.7. The van der Waals surface area contributed by atoms with Gasteiger partial charge in [-0.15, -0.1) is 0 Å². The van der Waals surface area contributed by atoms with Crippen LogP contribution in [0.4, 0.5) is 19.0 Å². The first-order valence-electron chi connectivity index (χ1n) is 14.0. The van der Waals surface area contributed by atoms with Gasteiger partial charge >= 0.3 is 6.18 Å². The van der Waals surface area contributed by atoms with E-state index in [9.17, 15) is 21.6 Å². The van der Waals surface area contributed by atoms with E-state index in [1.54, 1.807) is 39.0 Å². The molecule has 2 saturated heterocycles. The van der Waals surface area contributed by atoms with Crippen molar-refractivity contribution in [2.75, 3.05) is 44.2 Å². The fraction of sp³-hybridized carbons (Fsp3) is 0.593. The van der Waals surface area contributed by atoms with Crippen molar-refractivity contribution in [1.29, 1.82) is 0 Å². The highest BCUT2D eigenvalue weighted by Gasteiger charge is 2.40. The Bertz CT molecular complexity index is 1540. The number of sulfonamides is 1. The Hall–Kier alpha value is -2.19. The smallest absolute Gasteiger partial charge is 0.355 e. The number of rotatable bonds is 9. The lowest BCUT2D eigenvalue weighted by Crippen LogP contribution is -2.54. The average molecular weight is 649 g/mol. The van der Waals surface area contributed by atoms with Gasteiger partial charge < -0.3 is 9.80 Å². The maximum absolute atomic E-state index is 13.9. The molecular weight excluding hydrogens is 614 g/mol. The number of hydrogen-bond acceptors (Lipinski definition) is 7. The van der Waals surface area contributed by atoms with Crippen molar-refractivity contribution in [1.82, 2.24) is 29.4 Å². The van der Waals surface area contributed by atoms with Crippen LogP contribution in [-0.4, -0.2) is 77.6 Å². The normalized spacial score (nSPS) is 19.9. The summed E-state index contributed by atoms with van der Waals surface area (Å²) >= 11 is 12.4. The highest BCUT2D eigenvalue weighted by atomic mass is 35.5. The molecule has 2 unspecified atom stereocenters. The van der Waals surface area contributed by atoms with Gasteiger partial charge in [0.2, 0.25) is 10.0 Å². The van der Waals surface area contributed by atoms with Gasteiger partial charge in [0, 0.05) is 42.8 Å². The van der Waals surface area contributed by atoms with Crippen molar-refractivity contribution in [2.24, 2.45) is 11.8 Å². The van der Waals surface area contributed by atoms with E-state index in [1.807, 2.05) is 4.90 Å². The van der Waals surface area contributed by atoms with Gasteiger partial charge in [-0.1, -0.05) is 29.3 Å². The minimum Gasteiger partial charge on any atom is -0.355 e. The molecule has 1 aromatic carbocycles. The van der Waals surface area contributed by atoms with Gasteiger partial charge in [0.15, 0.2) is 11.3 Å². The largest absolute Gasteiger partial charge is 0.437 e. The number of fused-ring (bicyclic) bond motifs is 1. The highest BCUT2D eigenvalue weighted by molar-refractivity contribution is 7.90. The molecule has 2 aliphatic heterocycles. The van der Waals surface area contributed by atoms with Crippen molar-refractivity contribution < 1.29 is 21.6 Å². The van der Waals surface area contributed by atoms with Gasteiger partial charge in [-0.2, -0.15) is 18.3 Å². The summed E-state index contributed by atoms with van der Waals surface area (Å²) in [5, 5.41) is 4.17. The minimum absolute atomic E-state index is 0.0366. The Morgan fingerprint density at radius 1 is 1.12 bits per heavy atom. The van der Waals surface area contributed by atoms with E-state index < -0.39 is 33.2 Å². The number of piperidine rings is 1. The van der Waals surface area contributed by atoms with E-state index in [1.165, 1.54) is 10.9 Å². The van der Waals surface area contributed by atoms with E-state index in [-0.39, 0.29) is 11.2 Å². The monoisotopic (exact) mass is 647 g/mol. The molecule has 2 aromatic heterocycles. The van der Waals surface area contributed by atoms with Crippen molar-refractivity contribution in [2.45, 2.75) is 51.1 Å². The first-order valence-corrected chi connectivity index (χ1v) is 16.3. The lowest BCUT2D eigenvalue weighted by molar-refractivity contribution is -0.140. The molecule has 2 atom stereocenters. The lowest BCUT2D eigenvalue weighted by atomic mass is 9.80. The molecule has 230 valence electrons. The average Bonchev–Trinajstić information content (AvgIpc) is 3.27. The van der Waals surface area contributed by atoms with Crippen LogP contribution < -0.4 is 9.62 Å². The Morgan fingerprint density at radius 2 is 1.86 bits per heavy atom. The molecule has 3 aromatic rings. The first kappa shape index (κ1) is 31.2. The summed E-state index contributed by atoms with van der Waals surface area (Å²) in [6.07, 6.45) is -1.20. The van der Waals surface area contributed by atoms with Gasteiger partial charge in [0.25, 0.3) is 0 Å². The molecule has 9 nitrogen and oxygen atoms in total. The van der Waals surface area contributed by atoms with E-state index in [2.05, 4.69) is 24.7 Å². The Balaban J connectivity index is 1.29. The molecule has 4 heterocycles. The minimum atomic E-state index is -4.70. The third kappa shape index (κ3) is 6.50. The third-order valence-corrected chi connectivity index (χ3v) is 10.6. The summed E-state index contributed by atoms with van der Waals surface area (Å²) in [6.45, 7) is 9.31. The van der Waals surface area contributed by atoms with Crippen molar-refractivity contribution in [3.63, 3.8) is 0 Å². The van der Waals surface area contributed by atoms with E-state index in [0.29, 0.717) is 46.4 Å².